The fourth-order valence-corrected chi connectivity index (χ4v) is 2.44. The van der Waals surface area contributed by atoms with Gasteiger partial charge >= 0.3 is 0 Å². The monoisotopic (exact) mass is 322 g/mol. The zero-order valence-electron chi connectivity index (χ0n) is 11.7. The van der Waals surface area contributed by atoms with Crippen LogP contribution in [0.4, 0.5) is 0 Å². The maximum Gasteiger partial charge on any atom is 0.163 e. The standard InChI is InChI=1S/C17H16Cl2O2/c1-2-3-7-17(20)12-5-4-6-15(8-12)21-16-10-13(18)9-14(19)11-16/h4-6,8-11H,2-3,7H2,1H3. The van der Waals surface area contributed by atoms with Crippen LogP contribution in [0.2, 0.25) is 10.0 Å². The highest BCUT2D eigenvalue weighted by atomic mass is 35.5. The second-order valence-electron chi connectivity index (χ2n) is 4.76. The van der Waals surface area contributed by atoms with Gasteiger partial charge in [0.1, 0.15) is 11.5 Å². The summed E-state index contributed by atoms with van der Waals surface area (Å²) in [6.07, 6.45) is 2.46. The van der Waals surface area contributed by atoms with Crippen molar-refractivity contribution < 1.29 is 9.53 Å². The molecule has 0 aliphatic carbocycles. The predicted octanol–water partition coefficient (Wildman–Crippen LogP) is 6.16. The van der Waals surface area contributed by atoms with Gasteiger partial charge in [-0.3, -0.25) is 4.79 Å². The first-order chi connectivity index (χ1) is 10.1. The molecule has 4 heteroatoms. The molecule has 0 aliphatic heterocycles. The Bertz CT molecular complexity index is 618. The summed E-state index contributed by atoms with van der Waals surface area (Å²) in [5.74, 6) is 1.27. The van der Waals surface area contributed by atoms with Crippen LogP contribution in [0, 0.1) is 0 Å². The normalized spacial score (nSPS) is 10.4. The highest BCUT2D eigenvalue weighted by Gasteiger charge is 2.07. The van der Waals surface area contributed by atoms with Gasteiger partial charge in [-0.1, -0.05) is 48.7 Å². The van der Waals surface area contributed by atoms with Gasteiger partial charge in [-0.15, -0.1) is 0 Å². The summed E-state index contributed by atoms with van der Waals surface area (Å²) in [4.78, 5) is 12.0. The molecule has 0 bridgehead atoms. The average molecular weight is 323 g/mol. The molecule has 0 aromatic heterocycles. The number of Topliss-reactive ketones (excluding diaryl/α,β-unsaturated/α-hetero) is 1. The Labute approximate surface area is 134 Å². The third kappa shape index (κ3) is 4.76. The number of halogens is 2. The van der Waals surface area contributed by atoms with Crippen LogP contribution in [0.1, 0.15) is 36.5 Å². The molecule has 0 saturated carbocycles. The SMILES string of the molecule is CCCCC(=O)c1cccc(Oc2cc(Cl)cc(Cl)c2)c1. The van der Waals surface area contributed by atoms with Crippen molar-refractivity contribution in [3.63, 3.8) is 0 Å². The lowest BCUT2D eigenvalue weighted by molar-refractivity contribution is 0.0979. The van der Waals surface area contributed by atoms with Crippen molar-refractivity contribution >= 4 is 29.0 Å². The highest BCUT2D eigenvalue weighted by molar-refractivity contribution is 6.34. The molecule has 2 rings (SSSR count). The average Bonchev–Trinajstić information content (AvgIpc) is 2.44. The summed E-state index contributed by atoms with van der Waals surface area (Å²) in [6, 6.07) is 12.1. The number of carbonyl (C=O) groups excluding carboxylic acids is 1. The van der Waals surface area contributed by atoms with Gasteiger partial charge in [-0.25, -0.2) is 0 Å². The molecule has 0 radical (unpaired) electrons. The van der Waals surface area contributed by atoms with Crippen LogP contribution in [0.25, 0.3) is 0 Å². The second-order valence-corrected chi connectivity index (χ2v) is 5.63. The van der Waals surface area contributed by atoms with Crippen LogP contribution in [0.5, 0.6) is 11.5 Å². The Morgan fingerprint density at radius 1 is 1.05 bits per heavy atom. The van der Waals surface area contributed by atoms with Gasteiger partial charge in [0, 0.05) is 22.0 Å². The molecule has 0 N–H and O–H groups in total. The van der Waals surface area contributed by atoms with E-state index in [0.717, 1.165) is 12.8 Å². The number of unbranched alkanes of at least 4 members (excludes halogenated alkanes) is 1. The molecule has 2 aromatic carbocycles. The number of benzene rings is 2. The van der Waals surface area contributed by atoms with Gasteiger partial charge in [0.25, 0.3) is 0 Å². The minimum Gasteiger partial charge on any atom is -0.457 e. The number of hydrogen-bond acceptors (Lipinski definition) is 2. The maximum atomic E-state index is 12.0. The molecule has 2 nitrogen and oxygen atoms in total. The number of hydrogen-bond donors (Lipinski definition) is 0. The maximum absolute atomic E-state index is 12.0. The van der Waals surface area contributed by atoms with Crippen LogP contribution in [0.15, 0.2) is 42.5 Å². The number of rotatable bonds is 6. The fraction of sp³-hybridized carbons (Fsp3) is 0.235. The summed E-state index contributed by atoms with van der Waals surface area (Å²) in [5.41, 5.74) is 0.661. The minimum absolute atomic E-state index is 0.131. The fourth-order valence-electron chi connectivity index (χ4n) is 1.94. The lowest BCUT2D eigenvalue weighted by atomic mass is 10.1. The Morgan fingerprint density at radius 2 is 1.76 bits per heavy atom. The van der Waals surface area contributed by atoms with Gasteiger partial charge < -0.3 is 4.74 Å². The summed E-state index contributed by atoms with van der Waals surface area (Å²) in [7, 11) is 0. The Morgan fingerprint density at radius 3 is 2.43 bits per heavy atom. The predicted molar refractivity (Wildman–Crippen MR) is 86.8 cm³/mol. The van der Waals surface area contributed by atoms with E-state index in [9.17, 15) is 4.79 Å². The second kappa shape index (κ2) is 7.48. The van der Waals surface area contributed by atoms with E-state index in [0.29, 0.717) is 33.5 Å². The van der Waals surface area contributed by atoms with Crippen molar-refractivity contribution in [2.75, 3.05) is 0 Å². The lowest BCUT2D eigenvalue weighted by Gasteiger charge is -2.08. The van der Waals surface area contributed by atoms with Crippen LogP contribution < -0.4 is 4.74 Å². The molecule has 0 fully saturated rings. The summed E-state index contributed by atoms with van der Waals surface area (Å²) < 4.78 is 5.71. The smallest absolute Gasteiger partial charge is 0.163 e. The molecular formula is C17H16Cl2O2. The van der Waals surface area contributed by atoms with Gasteiger partial charge in [0.05, 0.1) is 0 Å². The third-order valence-corrected chi connectivity index (χ3v) is 3.42. The molecular weight excluding hydrogens is 307 g/mol. The first-order valence-corrected chi connectivity index (χ1v) is 7.61. The minimum atomic E-state index is 0.131. The number of ketones is 1. The van der Waals surface area contributed by atoms with E-state index in [4.69, 9.17) is 27.9 Å². The van der Waals surface area contributed by atoms with Crippen molar-refractivity contribution in [3.05, 3.63) is 58.1 Å². The first kappa shape index (κ1) is 15.9. The third-order valence-electron chi connectivity index (χ3n) is 2.99. The van der Waals surface area contributed by atoms with E-state index >= 15 is 0 Å². The zero-order chi connectivity index (χ0) is 15.2. The summed E-state index contributed by atoms with van der Waals surface area (Å²) >= 11 is 11.9. The molecule has 0 unspecified atom stereocenters. The van der Waals surface area contributed by atoms with E-state index in [1.54, 1.807) is 42.5 Å². The van der Waals surface area contributed by atoms with Crippen LogP contribution in [-0.4, -0.2) is 5.78 Å². The van der Waals surface area contributed by atoms with Crippen LogP contribution in [-0.2, 0) is 0 Å². The Kier molecular flexibility index (Phi) is 5.66. The van der Waals surface area contributed by atoms with E-state index in [1.807, 2.05) is 0 Å². The topological polar surface area (TPSA) is 26.3 Å². The van der Waals surface area contributed by atoms with Gasteiger partial charge in [0.2, 0.25) is 0 Å². The zero-order valence-corrected chi connectivity index (χ0v) is 13.2. The summed E-state index contributed by atoms with van der Waals surface area (Å²) in [6.45, 7) is 2.07. The van der Waals surface area contributed by atoms with Crippen LogP contribution >= 0.6 is 23.2 Å². The van der Waals surface area contributed by atoms with Gasteiger partial charge in [-0.2, -0.15) is 0 Å². The largest absolute Gasteiger partial charge is 0.457 e. The van der Waals surface area contributed by atoms with E-state index in [-0.39, 0.29) is 5.78 Å². The number of ether oxygens (including phenoxy) is 1. The lowest BCUT2D eigenvalue weighted by Crippen LogP contribution is -1.98. The summed E-state index contributed by atoms with van der Waals surface area (Å²) in [5, 5.41) is 1.01. The van der Waals surface area contributed by atoms with Crippen molar-refractivity contribution in [2.45, 2.75) is 26.2 Å². The van der Waals surface area contributed by atoms with Crippen molar-refractivity contribution in [1.82, 2.24) is 0 Å². The molecule has 0 heterocycles. The Balaban J connectivity index is 2.15. The molecule has 21 heavy (non-hydrogen) atoms. The van der Waals surface area contributed by atoms with Gasteiger partial charge in [-0.05, 0) is 36.8 Å². The quantitative estimate of drug-likeness (QED) is 0.595. The Hall–Kier alpha value is -1.51. The molecule has 0 amide bonds. The highest BCUT2D eigenvalue weighted by Crippen LogP contribution is 2.28. The molecule has 0 spiro atoms. The van der Waals surface area contributed by atoms with Gasteiger partial charge in [0.15, 0.2) is 5.78 Å². The van der Waals surface area contributed by atoms with Crippen molar-refractivity contribution in [3.8, 4) is 11.5 Å². The molecule has 0 atom stereocenters. The van der Waals surface area contributed by atoms with E-state index < -0.39 is 0 Å². The first-order valence-electron chi connectivity index (χ1n) is 6.85. The van der Waals surface area contributed by atoms with Crippen molar-refractivity contribution in [1.29, 1.82) is 0 Å². The van der Waals surface area contributed by atoms with Crippen molar-refractivity contribution in [2.24, 2.45) is 0 Å². The molecule has 0 saturated heterocycles. The molecule has 2 aromatic rings. The van der Waals surface area contributed by atoms with E-state index in [1.165, 1.54) is 0 Å². The van der Waals surface area contributed by atoms with E-state index in [2.05, 4.69) is 6.92 Å². The number of carbonyl (C=O) groups is 1. The molecule has 110 valence electrons. The van der Waals surface area contributed by atoms with Crippen LogP contribution in [0.3, 0.4) is 0 Å². The molecule has 0 aliphatic rings.